The quantitative estimate of drug-likeness (QED) is 0.434. The summed E-state index contributed by atoms with van der Waals surface area (Å²) in [5, 5.41) is 7.20. The van der Waals surface area contributed by atoms with Crippen molar-refractivity contribution < 1.29 is 0 Å². The fourth-order valence-electron chi connectivity index (χ4n) is 3.68. The van der Waals surface area contributed by atoms with Gasteiger partial charge in [-0.1, -0.05) is 77.9 Å². The third-order valence-electron chi connectivity index (χ3n) is 4.92. The van der Waals surface area contributed by atoms with Crippen LogP contribution in [0.3, 0.4) is 0 Å². The Bertz CT molecular complexity index is 876. The summed E-state index contributed by atoms with van der Waals surface area (Å²) in [6.45, 7) is 13.7. The highest BCUT2D eigenvalue weighted by Crippen LogP contribution is 2.30. The number of hydrogen-bond donors (Lipinski definition) is 2. The molecule has 0 aliphatic rings. The Labute approximate surface area is 182 Å². The Morgan fingerprint density at radius 1 is 0.500 bits per heavy atom. The molecule has 0 amide bonds. The monoisotopic (exact) mass is 400 g/mol. The van der Waals surface area contributed by atoms with Crippen LogP contribution in [0.15, 0.2) is 72.8 Å². The summed E-state index contributed by atoms with van der Waals surface area (Å²) < 4.78 is 0. The molecule has 3 aromatic rings. The Balaban J connectivity index is 1.73. The number of anilines is 4. The van der Waals surface area contributed by atoms with E-state index in [4.69, 9.17) is 0 Å². The Morgan fingerprint density at radius 3 is 1.17 bits per heavy atom. The summed E-state index contributed by atoms with van der Waals surface area (Å²) in [5.41, 5.74) is 7.78. The SMILES string of the molecule is CC(C)(C)Cc1ccccc1Nc1ccc(Nc2ccccc2CC(C)(C)C)cc1. The first-order valence-corrected chi connectivity index (χ1v) is 10.9. The van der Waals surface area contributed by atoms with Gasteiger partial charge in [0.05, 0.1) is 0 Å². The van der Waals surface area contributed by atoms with Crippen molar-refractivity contribution in [2.24, 2.45) is 10.8 Å². The zero-order chi connectivity index (χ0) is 21.8. The molecule has 0 saturated carbocycles. The second kappa shape index (κ2) is 8.95. The van der Waals surface area contributed by atoms with Gasteiger partial charge in [0.1, 0.15) is 0 Å². The molecular weight excluding hydrogens is 364 g/mol. The standard InChI is InChI=1S/C28H36N2/c1-27(2,3)19-21-11-7-9-13-25(21)29-23-15-17-24(18-16-23)30-26-14-10-8-12-22(26)20-28(4,5)6/h7-18,29-30H,19-20H2,1-6H3. The van der Waals surface area contributed by atoms with Crippen LogP contribution in [0.5, 0.6) is 0 Å². The van der Waals surface area contributed by atoms with E-state index in [9.17, 15) is 0 Å². The van der Waals surface area contributed by atoms with Crippen molar-refractivity contribution in [3.8, 4) is 0 Å². The number of hydrogen-bond acceptors (Lipinski definition) is 2. The summed E-state index contributed by atoms with van der Waals surface area (Å²) in [6.07, 6.45) is 2.08. The average molecular weight is 401 g/mol. The third-order valence-corrected chi connectivity index (χ3v) is 4.92. The molecule has 0 heterocycles. The van der Waals surface area contributed by atoms with Crippen LogP contribution >= 0.6 is 0 Å². The van der Waals surface area contributed by atoms with Crippen molar-refractivity contribution in [2.75, 3.05) is 10.6 Å². The van der Waals surface area contributed by atoms with Gasteiger partial charge in [-0.25, -0.2) is 0 Å². The van der Waals surface area contributed by atoms with E-state index in [1.54, 1.807) is 0 Å². The molecule has 30 heavy (non-hydrogen) atoms. The lowest BCUT2D eigenvalue weighted by molar-refractivity contribution is 0.411. The maximum Gasteiger partial charge on any atom is 0.0416 e. The van der Waals surface area contributed by atoms with Crippen LogP contribution < -0.4 is 10.6 Å². The molecule has 0 spiro atoms. The fraction of sp³-hybridized carbons (Fsp3) is 0.357. The molecule has 2 heteroatoms. The minimum atomic E-state index is 0.256. The van der Waals surface area contributed by atoms with Crippen LogP contribution in [0.25, 0.3) is 0 Å². The van der Waals surface area contributed by atoms with Crippen molar-refractivity contribution in [2.45, 2.75) is 54.4 Å². The predicted octanol–water partition coefficient (Wildman–Crippen LogP) is 8.35. The Morgan fingerprint density at radius 2 is 0.833 bits per heavy atom. The van der Waals surface area contributed by atoms with Crippen LogP contribution in [-0.2, 0) is 12.8 Å². The zero-order valence-electron chi connectivity index (χ0n) is 19.3. The first-order chi connectivity index (χ1) is 14.1. The lowest BCUT2D eigenvalue weighted by Crippen LogP contribution is -2.11. The van der Waals surface area contributed by atoms with Crippen molar-refractivity contribution in [3.63, 3.8) is 0 Å². The summed E-state index contributed by atoms with van der Waals surface area (Å²) >= 11 is 0. The minimum Gasteiger partial charge on any atom is -0.355 e. The number of rotatable bonds is 6. The van der Waals surface area contributed by atoms with Crippen LogP contribution in [-0.4, -0.2) is 0 Å². The molecule has 0 aliphatic heterocycles. The molecular formula is C28H36N2. The molecule has 158 valence electrons. The van der Waals surface area contributed by atoms with Crippen molar-refractivity contribution in [1.29, 1.82) is 0 Å². The summed E-state index contributed by atoms with van der Waals surface area (Å²) in [4.78, 5) is 0. The maximum absolute atomic E-state index is 3.60. The van der Waals surface area contributed by atoms with Gasteiger partial charge in [0.15, 0.2) is 0 Å². The molecule has 2 N–H and O–H groups in total. The van der Waals surface area contributed by atoms with Crippen LogP contribution in [0.4, 0.5) is 22.7 Å². The van der Waals surface area contributed by atoms with Gasteiger partial charge < -0.3 is 10.6 Å². The Hall–Kier alpha value is -2.74. The highest BCUT2D eigenvalue weighted by Gasteiger charge is 2.15. The topological polar surface area (TPSA) is 24.1 Å². The first kappa shape index (κ1) is 22.0. The van der Waals surface area contributed by atoms with Gasteiger partial charge in [-0.05, 0) is 71.2 Å². The van der Waals surface area contributed by atoms with Crippen molar-refractivity contribution in [1.82, 2.24) is 0 Å². The van der Waals surface area contributed by atoms with Gasteiger partial charge in [-0.15, -0.1) is 0 Å². The number of para-hydroxylation sites is 2. The van der Waals surface area contributed by atoms with Gasteiger partial charge in [0.25, 0.3) is 0 Å². The van der Waals surface area contributed by atoms with E-state index in [0.717, 1.165) is 24.2 Å². The van der Waals surface area contributed by atoms with E-state index in [1.807, 2.05) is 0 Å². The van der Waals surface area contributed by atoms with E-state index < -0.39 is 0 Å². The average Bonchev–Trinajstić information content (AvgIpc) is 2.64. The van der Waals surface area contributed by atoms with E-state index in [-0.39, 0.29) is 10.8 Å². The van der Waals surface area contributed by atoms with Crippen molar-refractivity contribution >= 4 is 22.7 Å². The molecule has 3 aromatic carbocycles. The van der Waals surface area contributed by atoms with Crippen LogP contribution in [0, 0.1) is 10.8 Å². The molecule has 0 fully saturated rings. The fourth-order valence-corrected chi connectivity index (χ4v) is 3.68. The molecule has 0 aliphatic carbocycles. The molecule has 0 atom stereocenters. The van der Waals surface area contributed by atoms with Gasteiger partial charge in [0.2, 0.25) is 0 Å². The molecule has 3 rings (SSSR count). The second-order valence-electron chi connectivity index (χ2n) is 10.6. The smallest absolute Gasteiger partial charge is 0.0416 e. The van der Waals surface area contributed by atoms with E-state index >= 15 is 0 Å². The summed E-state index contributed by atoms with van der Waals surface area (Å²) in [7, 11) is 0. The summed E-state index contributed by atoms with van der Waals surface area (Å²) in [5.74, 6) is 0. The van der Waals surface area contributed by atoms with Crippen molar-refractivity contribution in [3.05, 3.63) is 83.9 Å². The number of benzene rings is 3. The maximum atomic E-state index is 3.60. The van der Waals surface area contributed by atoms with Gasteiger partial charge in [0, 0.05) is 22.7 Å². The first-order valence-electron chi connectivity index (χ1n) is 10.9. The third kappa shape index (κ3) is 6.66. The lowest BCUT2D eigenvalue weighted by Gasteiger charge is -2.21. The number of nitrogens with one attached hydrogen (secondary N) is 2. The van der Waals surface area contributed by atoms with Crippen LogP contribution in [0.1, 0.15) is 52.7 Å². The van der Waals surface area contributed by atoms with E-state index in [0.29, 0.717) is 0 Å². The van der Waals surface area contributed by atoms with E-state index in [1.165, 1.54) is 22.5 Å². The van der Waals surface area contributed by atoms with Gasteiger partial charge >= 0.3 is 0 Å². The molecule has 0 aromatic heterocycles. The Kier molecular flexibility index (Phi) is 6.55. The predicted molar refractivity (Wildman–Crippen MR) is 132 cm³/mol. The molecule has 0 radical (unpaired) electrons. The molecule has 0 saturated heterocycles. The van der Waals surface area contributed by atoms with Gasteiger partial charge in [-0.2, -0.15) is 0 Å². The molecule has 2 nitrogen and oxygen atoms in total. The van der Waals surface area contributed by atoms with Gasteiger partial charge in [-0.3, -0.25) is 0 Å². The molecule has 0 unspecified atom stereocenters. The lowest BCUT2D eigenvalue weighted by atomic mass is 9.87. The highest BCUT2D eigenvalue weighted by atomic mass is 14.9. The van der Waals surface area contributed by atoms with Crippen LogP contribution in [0.2, 0.25) is 0 Å². The largest absolute Gasteiger partial charge is 0.355 e. The highest BCUT2D eigenvalue weighted by molar-refractivity contribution is 5.68. The van der Waals surface area contributed by atoms with E-state index in [2.05, 4.69) is 125 Å². The normalized spacial score (nSPS) is 11.9. The summed E-state index contributed by atoms with van der Waals surface area (Å²) in [6, 6.07) is 25.8. The molecule has 0 bridgehead atoms. The zero-order valence-corrected chi connectivity index (χ0v) is 19.3. The minimum absolute atomic E-state index is 0.256. The second-order valence-corrected chi connectivity index (χ2v) is 10.6.